The SMILES string of the molecule is NC(=O)CCCCC[C@H](NC(=O)c1cc(-c2ccco2)[nH]n1)c1ncc(-c2ccc3ccccc3c2)[nH]1. The number of nitrogens with zero attached hydrogens (tertiary/aromatic N) is 2. The Morgan fingerprint density at radius 3 is 2.65 bits per heavy atom. The van der Waals surface area contributed by atoms with Crippen molar-refractivity contribution < 1.29 is 14.0 Å². The summed E-state index contributed by atoms with van der Waals surface area (Å²) in [6.45, 7) is 0. The topological polar surface area (TPSA) is 143 Å². The van der Waals surface area contributed by atoms with Crippen LogP contribution in [0.3, 0.4) is 0 Å². The van der Waals surface area contributed by atoms with Crippen molar-refractivity contribution >= 4 is 22.6 Å². The van der Waals surface area contributed by atoms with Crippen LogP contribution in [0.5, 0.6) is 0 Å². The molecule has 0 aliphatic carbocycles. The van der Waals surface area contributed by atoms with Gasteiger partial charge in [-0.3, -0.25) is 14.7 Å². The fourth-order valence-electron chi connectivity index (χ4n) is 4.35. The first-order valence-corrected chi connectivity index (χ1v) is 12.3. The van der Waals surface area contributed by atoms with E-state index in [2.05, 4.69) is 55.8 Å². The molecule has 3 aromatic heterocycles. The number of benzene rings is 2. The molecule has 188 valence electrons. The molecule has 0 aliphatic rings. The van der Waals surface area contributed by atoms with E-state index in [1.165, 1.54) is 5.39 Å². The third kappa shape index (κ3) is 5.78. The highest BCUT2D eigenvalue weighted by Gasteiger charge is 2.21. The number of fused-ring (bicyclic) bond motifs is 1. The second-order valence-corrected chi connectivity index (χ2v) is 8.98. The summed E-state index contributed by atoms with van der Waals surface area (Å²) in [5, 5.41) is 12.4. The molecule has 2 amide bonds. The molecule has 9 heteroatoms. The average Bonchev–Trinajstić information content (AvgIpc) is 3.68. The van der Waals surface area contributed by atoms with Crippen LogP contribution in [0.25, 0.3) is 33.5 Å². The van der Waals surface area contributed by atoms with Gasteiger partial charge < -0.3 is 20.5 Å². The van der Waals surface area contributed by atoms with Gasteiger partial charge in [0, 0.05) is 18.1 Å². The minimum absolute atomic E-state index is 0.256. The van der Waals surface area contributed by atoms with Gasteiger partial charge in [-0.2, -0.15) is 5.10 Å². The first-order valence-electron chi connectivity index (χ1n) is 12.3. The summed E-state index contributed by atoms with van der Waals surface area (Å²) in [5.74, 6) is 0.637. The van der Waals surface area contributed by atoms with Crippen molar-refractivity contribution in [2.45, 2.75) is 38.1 Å². The van der Waals surface area contributed by atoms with Crippen LogP contribution < -0.4 is 11.1 Å². The van der Waals surface area contributed by atoms with Gasteiger partial charge >= 0.3 is 0 Å². The third-order valence-corrected chi connectivity index (χ3v) is 6.30. The molecule has 0 saturated carbocycles. The van der Waals surface area contributed by atoms with Crippen LogP contribution in [0.1, 0.15) is 54.5 Å². The Balaban J connectivity index is 1.33. The molecule has 0 saturated heterocycles. The number of aromatic amines is 2. The Bertz CT molecular complexity index is 1500. The maximum absolute atomic E-state index is 13.1. The average molecular weight is 497 g/mol. The van der Waals surface area contributed by atoms with Crippen molar-refractivity contribution in [2.24, 2.45) is 5.73 Å². The van der Waals surface area contributed by atoms with Crippen LogP contribution in [-0.4, -0.2) is 32.0 Å². The van der Waals surface area contributed by atoms with E-state index in [9.17, 15) is 9.59 Å². The zero-order chi connectivity index (χ0) is 25.6. The van der Waals surface area contributed by atoms with Gasteiger partial charge in [0.1, 0.15) is 11.5 Å². The number of unbranched alkanes of at least 4 members (excludes halogenated alkanes) is 2. The number of nitrogens with one attached hydrogen (secondary N) is 3. The van der Waals surface area contributed by atoms with Gasteiger partial charge in [0.2, 0.25) is 5.91 Å². The predicted molar refractivity (Wildman–Crippen MR) is 140 cm³/mol. The molecule has 0 unspecified atom stereocenters. The largest absolute Gasteiger partial charge is 0.463 e. The molecular formula is C28H28N6O3. The van der Waals surface area contributed by atoms with Crippen molar-refractivity contribution in [3.63, 3.8) is 0 Å². The summed E-state index contributed by atoms with van der Waals surface area (Å²) < 4.78 is 5.38. The Morgan fingerprint density at radius 1 is 0.973 bits per heavy atom. The fraction of sp³-hybridized carbons (Fsp3) is 0.214. The van der Waals surface area contributed by atoms with E-state index in [0.717, 1.165) is 29.5 Å². The lowest BCUT2D eigenvalue weighted by molar-refractivity contribution is -0.118. The number of primary amides is 1. The molecule has 5 N–H and O–H groups in total. The number of hydrogen-bond donors (Lipinski definition) is 4. The molecule has 1 atom stereocenters. The van der Waals surface area contributed by atoms with Crippen molar-refractivity contribution in [3.8, 4) is 22.7 Å². The van der Waals surface area contributed by atoms with Gasteiger partial charge in [0.15, 0.2) is 11.5 Å². The number of furan rings is 1. The highest BCUT2D eigenvalue weighted by molar-refractivity contribution is 5.93. The number of rotatable bonds is 11. The summed E-state index contributed by atoms with van der Waals surface area (Å²) in [6, 6.07) is 19.3. The number of imidazole rings is 1. The maximum atomic E-state index is 13.1. The van der Waals surface area contributed by atoms with E-state index in [0.29, 0.717) is 36.5 Å². The standard InChI is InChI=1S/C28H28N6O3/c29-26(35)11-3-1-2-9-21(32-28(36)23-16-22(33-34-23)25-10-6-14-37-25)27-30-17-24(31-27)20-13-12-18-7-4-5-8-19(18)15-20/h4-8,10,12-17,21H,1-3,9,11H2,(H2,29,35)(H,30,31)(H,32,36)(H,33,34)/t21-/m0/s1. The Morgan fingerprint density at radius 2 is 1.84 bits per heavy atom. The monoisotopic (exact) mass is 496 g/mol. The summed E-state index contributed by atoms with van der Waals surface area (Å²) in [6.07, 6.45) is 6.67. The van der Waals surface area contributed by atoms with E-state index < -0.39 is 0 Å². The summed E-state index contributed by atoms with van der Waals surface area (Å²) in [7, 11) is 0. The lowest BCUT2D eigenvalue weighted by Gasteiger charge is -2.16. The quantitative estimate of drug-likeness (QED) is 0.188. The smallest absolute Gasteiger partial charge is 0.272 e. The molecule has 5 aromatic rings. The third-order valence-electron chi connectivity index (χ3n) is 6.30. The first-order chi connectivity index (χ1) is 18.1. The van der Waals surface area contributed by atoms with Crippen molar-refractivity contribution in [1.82, 2.24) is 25.5 Å². The minimum atomic E-state index is -0.362. The molecule has 0 radical (unpaired) electrons. The molecule has 3 heterocycles. The van der Waals surface area contributed by atoms with Crippen molar-refractivity contribution in [1.29, 1.82) is 0 Å². The number of aromatic nitrogens is 4. The first kappa shape index (κ1) is 24.1. The maximum Gasteiger partial charge on any atom is 0.272 e. The van der Waals surface area contributed by atoms with Crippen molar-refractivity contribution in [2.75, 3.05) is 0 Å². The summed E-state index contributed by atoms with van der Waals surface area (Å²) >= 11 is 0. The van der Waals surface area contributed by atoms with E-state index in [4.69, 9.17) is 10.2 Å². The highest BCUT2D eigenvalue weighted by Crippen LogP contribution is 2.26. The van der Waals surface area contributed by atoms with Crippen LogP contribution >= 0.6 is 0 Å². The van der Waals surface area contributed by atoms with Gasteiger partial charge in [-0.05, 0) is 41.8 Å². The van der Waals surface area contributed by atoms with Crippen LogP contribution in [0.4, 0.5) is 0 Å². The number of carbonyl (C=O) groups excluding carboxylic acids is 2. The van der Waals surface area contributed by atoms with Crippen molar-refractivity contribution in [3.05, 3.63) is 84.6 Å². The van der Waals surface area contributed by atoms with Crippen LogP contribution in [0.2, 0.25) is 0 Å². The van der Waals surface area contributed by atoms with E-state index >= 15 is 0 Å². The number of amides is 2. The zero-order valence-corrected chi connectivity index (χ0v) is 20.2. The van der Waals surface area contributed by atoms with Gasteiger partial charge in [-0.15, -0.1) is 0 Å². The van der Waals surface area contributed by atoms with Gasteiger partial charge in [-0.1, -0.05) is 49.2 Å². The Hall–Kier alpha value is -4.66. The predicted octanol–water partition coefficient (Wildman–Crippen LogP) is 5.12. The van der Waals surface area contributed by atoms with E-state index in [1.54, 1.807) is 30.7 Å². The Kier molecular flexibility index (Phi) is 7.12. The number of hydrogen-bond acceptors (Lipinski definition) is 5. The molecular weight excluding hydrogens is 468 g/mol. The molecule has 5 rings (SSSR count). The second kappa shape index (κ2) is 10.9. The molecule has 0 fully saturated rings. The normalized spacial score (nSPS) is 12.0. The zero-order valence-electron chi connectivity index (χ0n) is 20.2. The molecule has 0 bridgehead atoms. The van der Waals surface area contributed by atoms with Gasteiger partial charge in [0.05, 0.1) is 24.2 Å². The van der Waals surface area contributed by atoms with Crippen LogP contribution in [-0.2, 0) is 4.79 Å². The molecule has 37 heavy (non-hydrogen) atoms. The molecule has 0 aliphatic heterocycles. The van der Waals surface area contributed by atoms with Crippen LogP contribution in [0.15, 0.2) is 77.5 Å². The minimum Gasteiger partial charge on any atom is -0.463 e. The molecule has 2 aromatic carbocycles. The second-order valence-electron chi connectivity index (χ2n) is 8.98. The lowest BCUT2D eigenvalue weighted by Crippen LogP contribution is -2.29. The molecule has 9 nitrogen and oxygen atoms in total. The lowest BCUT2D eigenvalue weighted by atomic mass is 10.1. The Labute approximate surface area is 213 Å². The summed E-state index contributed by atoms with van der Waals surface area (Å²) in [4.78, 5) is 32.1. The van der Waals surface area contributed by atoms with Gasteiger partial charge in [0.25, 0.3) is 5.91 Å². The van der Waals surface area contributed by atoms with Crippen LogP contribution in [0, 0.1) is 0 Å². The number of carbonyl (C=O) groups is 2. The summed E-state index contributed by atoms with van der Waals surface area (Å²) in [5.41, 5.74) is 8.02. The van der Waals surface area contributed by atoms with E-state index in [-0.39, 0.29) is 23.6 Å². The number of H-pyrrole nitrogens is 2. The number of nitrogens with two attached hydrogens (primary N) is 1. The molecule has 0 spiro atoms. The van der Waals surface area contributed by atoms with E-state index in [1.807, 2.05) is 12.1 Å². The van der Waals surface area contributed by atoms with Gasteiger partial charge in [-0.25, -0.2) is 4.98 Å². The highest BCUT2D eigenvalue weighted by atomic mass is 16.3. The fourth-order valence-corrected chi connectivity index (χ4v) is 4.35.